The highest BCUT2D eigenvalue weighted by Gasteiger charge is 2.20. The quantitative estimate of drug-likeness (QED) is 0.813. The first-order valence-electron chi connectivity index (χ1n) is 5.34. The average Bonchev–Trinajstić information content (AvgIpc) is 2.89. The van der Waals surface area contributed by atoms with E-state index in [9.17, 15) is 9.90 Å². The van der Waals surface area contributed by atoms with Gasteiger partial charge in [0.05, 0.1) is 7.11 Å². The number of hydrogen-bond acceptors (Lipinski definition) is 4. The zero-order valence-corrected chi connectivity index (χ0v) is 13.1. The molecule has 4 nitrogen and oxygen atoms in total. The SMILES string of the molecule is COC(=O)c1ccc(C(O)c2cc(Br)ccc2Br)o1. The fraction of sp³-hybridized carbons (Fsp3) is 0.154. The molecule has 0 aliphatic heterocycles. The van der Waals surface area contributed by atoms with Crippen molar-refractivity contribution in [2.45, 2.75) is 6.10 Å². The molecule has 2 rings (SSSR count). The van der Waals surface area contributed by atoms with Crippen LogP contribution in [0.2, 0.25) is 0 Å². The molecule has 0 spiro atoms. The van der Waals surface area contributed by atoms with Crippen molar-refractivity contribution in [2.24, 2.45) is 0 Å². The van der Waals surface area contributed by atoms with Crippen molar-refractivity contribution in [2.75, 3.05) is 7.11 Å². The van der Waals surface area contributed by atoms with Gasteiger partial charge in [-0.1, -0.05) is 31.9 Å². The Balaban J connectivity index is 2.33. The molecule has 0 saturated carbocycles. The van der Waals surface area contributed by atoms with Crippen LogP contribution in [-0.4, -0.2) is 18.2 Å². The van der Waals surface area contributed by atoms with E-state index in [2.05, 4.69) is 36.6 Å². The lowest BCUT2D eigenvalue weighted by Gasteiger charge is -2.10. The van der Waals surface area contributed by atoms with Gasteiger partial charge in [0.1, 0.15) is 11.9 Å². The van der Waals surface area contributed by atoms with Gasteiger partial charge in [0.2, 0.25) is 5.76 Å². The number of benzene rings is 1. The minimum atomic E-state index is -0.967. The molecule has 1 heterocycles. The fourth-order valence-corrected chi connectivity index (χ4v) is 2.43. The van der Waals surface area contributed by atoms with Gasteiger partial charge in [-0.25, -0.2) is 4.79 Å². The van der Waals surface area contributed by atoms with Crippen LogP contribution in [0, 0.1) is 0 Å². The maximum Gasteiger partial charge on any atom is 0.373 e. The molecule has 1 aromatic heterocycles. The molecule has 0 bridgehead atoms. The number of rotatable bonds is 3. The number of aliphatic hydroxyl groups is 1. The molecule has 0 saturated heterocycles. The van der Waals surface area contributed by atoms with Crippen molar-refractivity contribution in [3.8, 4) is 0 Å². The number of hydrogen-bond donors (Lipinski definition) is 1. The largest absolute Gasteiger partial charge is 0.463 e. The third-order valence-electron chi connectivity index (χ3n) is 2.54. The van der Waals surface area contributed by atoms with Crippen LogP contribution in [0.25, 0.3) is 0 Å². The molecule has 1 aromatic carbocycles. The van der Waals surface area contributed by atoms with Gasteiger partial charge < -0.3 is 14.3 Å². The van der Waals surface area contributed by atoms with E-state index in [1.807, 2.05) is 12.1 Å². The van der Waals surface area contributed by atoms with Crippen molar-refractivity contribution < 1.29 is 19.1 Å². The van der Waals surface area contributed by atoms with Gasteiger partial charge in [0, 0.05) is 14.5 Å². The van der Waals surface area contributed by atoms with E-state index < -0.39 is 12.1 Å². The van der Waals surface area contributed by atoms with Crippen LogP contribution in [0.5, 0.6) is 0 Å². The Labute approximate surface area is 126 Å². The molecule has 100 valence electrons. The molecule has 1 N–H and O–H groups in total. The Morgan fingerprint density at radius 2 is 2.05 bits per heavy atom. The van der Waals surface area contributed by atoms with Crippen LogP contribution in [0.15, 0.2) is 43.7 Å². The second kappa shape index (κ2) is 5.90. The summed E-state index contributed by atoms with van der Waals surface area (Å²) in [6, 6.07) is 8.45. The van der Waals surface area contributed by atoms with Crippen molar-refractivity contribution in [3.05, 3.63) is 56.4 Å². The Hall–Kier alpha value is -1.11. The summed E-state index contributed by atoms with van der Waals surface area (Å²) in [5.74, 6) is -0.242. The molecule has 0 radical (unpaired) electrons. The average molecular weight is 390 g/mol. The number of carbonyl (C=O) groups excluding carboxylic acids is 1. The molecule has 2 aromatic rings. The second-order valence-electron chi connectivity index (χ2n) is 3.76. The van der Waals surface area contributed by atoms with E-state index in [1.165, 1.54) is 13.2 Å². The predicted octanol–water partition coefficient (Wildman–Crippen LogP) is 3.67. The van der Waals surface area contributed by atoms with Crippen molar-refractivity contribution in [1.29, 1.82) is 0 Å². The molecule has 19 heavy (non-hydrogen) atoms. The Morgan fingerprint density at radius 3 is 2.74 bits per heavy atom. The molecule has 1 unspecified atom stereocenters. The Bertz CT molecular complexity index is 606. The van der Waals surface area contributed by atoms with Gasteiger partial charge in [0.15, 0.2) is 0 Å². The molecule has 6 heteroatoms. The molecular weight excluding hydrogens is 380 g/mol. The zero-order valence-electron chi connectivity index (χ0n) is 9.89. The summed E-state index contributed by atoms with van der Waals surface area (Å²) in [6.07, 6.45) is -0.967. The molecule has 1 atom stereocenters. The van der Waals surface area contributed by atoms with E-state index in [-0.39, 0.29) is 11.5 Å². The maximum atomic E-state index is 11.3. The van der Waals surface area contributed by atoms with Gasteiger partial charge in [-0.15, -0.1) is 0 Å². The molecular formula is C13H10Br2O4. The second-order valence-corrected chi connectivity index (χ2v) is 5.53. The molecule has 0 aliphatic carbocycles. The van der Waals surface area contributed by atoms with Gasteiger partial charge in [-0.3, -0.25) is 0 Å². The summed E-state index contributed by atoms with van der Waals surface area (Å²) in [5, 5.41) is 10.3. The normalized spacial score (nSPS) is 12.2. The fourth-order valence-electron chi connectivity index (χ4n) is 1.59. The highest BCUT2D eigenvalue weighted by molar-refractivity contribution is 9.11. The third kappa shape index (κ3) is 3.08. The Morgan fingerprint density at radius 1 is 1.32 bits per heavy atom. The van der Waals surface area contributed by atoms with E-state index in [0.717, 1.165) is 8.95 Å². The summed E-state index contributed by atoms with van der Waals surface area (Å²) >= 11 is 6.70. The van der Waals surface area contributed by atoms with Crippen LogP contribution in [-0.2, 0) is 4.74 Å². The van der Waals surface area contributed by atoms with Crippen LogP contribution in [0.4, 0.5) is 0 Å². The topological polar surface area (TPSA) is 59.7 Å². The smallest absolute Gasteiger partial charge is 0.373 e. The minimum absolute atomic E-state index is 0.0580. The van der Waals surface area contributed by atoms with Crippen molar-refractivity contribution in [1.82, 2.24) is 0 Å². The van der Waals surface area contributed by atoms with Crippen LogP contribution in [0.3, 0.4) is 0 Å². The monoisotopic (exact) mass is 388 g/mol. The molecule has 0 amide bonds. The van der Waals surface area contributed by atoms with E-state index in [0.29, 0.717) is 5.56 Å². The lowest BCUT2D eigenvalue weighted by Crippen LogP contribution is -2.01. The number of ether oxygens (including phenoxy) is 1. The lowest BCUT2D eigenvalue weighted by molar-refractivity contribution is 0.0558. The highest BCUT2D eigenvalue weighted by atomic mass is 79.9. The van der Waals surface area contributed by atoms with Crippen LogP contribution in [0.1, 0.15) is 28.0 Å². The highest BCUT2D eigenvalue weighted by Crippen LogP contribution is 2.31. The summed E-state index contributed by atoms with van der Waals surface area (Å²) in [4.78, 5) is 11.3. The van der Waals surface area contributed by atoms with Crippen molar-refractivity contribution in [3.63, 3.8) is 0 Å². The maximum absolute atomic E-state index is 11.3. The third-order valence-corrected chi connectivity index (χ3v) is 3.75. The number of furan rings is 1. The first-order chi connectivity index (χ1) is 9.02. The van der Waals surface area contributed by atoms with E-state index in [4.69, 9.17) is 4.42 Å². The van der Waals surface area contributed by atoms with E-state index >= 15 is 0 Å². The van der Waals surface area contributed by atoms with Gasteiger partial charge >= 0.3 is 5.97 Å². The van der Waals surface area contributed by atoms with Crippen LogP contribution >= 0.6 is 31.9 Å². The number of esters is 1. The van der Waals surface area contributed by atoms with E-state index in [1.54, 1.807) is 12.1 Å². The van der Waals surface area contributed by atoms with Crippen molar-refractivity contribution >= 4 is 37.8 Å². The first-order valence-corrected chi connectivity index (χ1v) is 6.92. The minimum Gasteiger partial charge on any atom is -0.463 e. The lowest BCUT2D eigenvalue weighted by atomic mass is 10.1. The number of aliphatic hydroxyl groups excluding tert-OH is 1. The molecule has 0 aliphatic rings. The summed E-state index contributed by atoms with van der Waals surface area (Å²) in [7, 11) is 1.27. The summed E-state index contributed by atoms with van der Waals surface area (Å²) < 4.78 is 11.4. The Kier molecular flexibility index (Phi) is 4.44. The number of halogens is 2. The first kappa shape index (κ1) is 14.3. The molecule has 0 fully saturated rings. The summed E-state index contributed by atoms with van der Waals surface area (Å²) in [6.45, 7) is 0. The van der Waals surface area contributed by atoms with Crippen LogP contribution < -0.4 is 0 Å². The predicted molar refractivity (Wildman–Crippen MR) is 76.0 cm³/mol. The standard InChI is InChI=1S/C13H10Br2O4/c1-18-13(17)11-5-4-10(19-11)12(16)8-6-7(14)2-3-9(8)15/h2-6,12,16H,1H3. The number of carbonyl (C=O) groups is 1. The van der Waals surface area contributed by atoms with Gasteiger partial charge in [-0.05, 0) is 30.3 Å². The summed E-state index contributed by atoms with van der Waals surface area (Å²) in [5.41, 5.74) is 0.639. The number of methoxy groups -OCH3 is 1. The van der Waals surface area contributed by atoms with Gasteiger partial charge in [-0.2, -0.15) is 0 Å². The zero-order chi connectivity index (χ0) is 14.0. The van der Waals surface area contributed by atoms with Gasteiger partial charge in [0.25, 0.3) is 0 Å².